The van der Waals surface area contributed by atoms with E-state index in [0.29, 0.717) is 0 Å². The SMILES string of the molecule is COCCN(CCOC)CC([O-])(C(F)(F)F)C(F)(F)F.COCCN(CCOC)CC([O-])(C(F)(F)F)C(F)(F)F.ClCCl.ClCCl.[Sr+2]. The Balaban J connectivity index is -0.000000210. The van der Waals surface area contributed by atoms with Crippen LogP contribution in [0.25, 0.3) is 0 Å². The monoisotopic (exact) mass is 880 g/mol. The van der Waals surface area contributed by atoms with Gasteiger partial charge in [0.25, 0.3) is 0 Å². The molecule has 8 nitrogen and oxygen atoms in total. The summed E-state index contributed by atoms with van der Waals surface area (Å²) in [5.74, 6) is 0. The van der Waals surface area contributed by atoms with Crippen LogP contribution in [-0.2, 0) is 18.9 Å². The number of methoxy groups -OCH3 is 4. The third-order valence-corrected chi connectivity index (χ3v) is 5.17. The maximum atomic E-state index is 12.5. The molecule has 47 heavy (non-hydrogen) atoms. The van der Waals surface area contributed by atoms with Gasteiger partial charge in [-0.3, -0.25) is 9.80 Å². The summed E-state index contributed by atoms with van der Waals surface area (Å²) in [7, 11) is 4.97. The summed E-state index contributed by atoms with van der Waals surface area (Å²) in [6.45, 7) is -4.85. The summed E-state index contributed by atoms with van der Waals surface area (Å²) in [6, 6.07) is 0. The molecule has 0 saturated heterocycles. The Morgan fingerprint density at radius 3 is 0.702 bits per heavy atom. The number of hydrogen-bond donors (Lipinski definition) is 0. The Morgan fingerprint density at radius 1 is 0.447 bits per heavy atom. The molecule has 0 bridgehead atoms. The maximum absolute atomic E-state index is 12.5. The van der Waals surface area contributed by atoms with Crippen LogP contribution in [0.1, 0.15) is 0 Å². The molecule has 0 aliphatic carbocycles. The van der Waals surface area contributed by atoms with Crippen molar-refractivity contribution in [2.24, 2.45) is 0 Å². The van der Waals surface area contributed by atoms with Gasteiger partial charge in [0.2, 0.25) is 0 Å². The zero-order valence-corrected chi connectivity index (χ0v) is 32.1. The van der Waals surface area contributed by atoms with Crippen LogP contribution in [0, 0.1) is 0 Å². The van der Waals surface area contributed by atoms with Crippen molar-refractivity contribution < 1.29 is 81.8 Å². The van der Waals surface area contributed by atoms with Crippen LogP contribution < -0.4 is 10.2 Å². The molecule has 0 atom stereocenters. The third-order valence-electron chi connectivity index (χ3n) is 5.17. The molecular formula is C22H36Cl4F12N2O6Sr. The molecule has 0 spiro atoms. The van der Waals surface area contributed by atoms with Crippen molar-refractivity contribution in [1.82, 2.24) is 9.80 Å². The molecular weight excluding hydrogens is 846 g/mol. The van der Waals surface area contributed by atoms with Gasteiger partial charge in [0, 0.05) is 67.7 Å². The number of halogens is 16. The molecule has 284 valence electrons. The summed E-state index contributed by atoms with van der Waals surface area (Å²) in [5.41, 5.74) is -10.1. The van der Waals surface area contributed by atoms with E-state index in [-0.39, 0.29) is 109 Å². The van der Waals surface area contributed by atoms with Gasteiger partial charge in [-0.05, 0) is 0 Å². The van der Waals surface area contributed by atoms with Gasteiger partial charge in [0.15, 0.2) is 0 Å². The number of alkyl halides is 16. The van der Waals surface area contributed by atoms with Crippen LogP contribution >= 0.6 is 46.4 Å². The van der Waals surface area contributed by atoms with Gasteiger partial charge in [-0.15, -0.1) is 46.4 Å². The zero-order chi connectivity index (χ0) is 37.5. The average Bonchev–Trinajstić information content (AvgIpc) is 2.90. The Bertz CT molecular complexity index is 630. The second-order valence-corrected chi connectivity index (χ2v) is 9.99. The minimum atomic E-state index is -5.94. The maximum Gasteiger partial charge on any atom is 2.00 e. The van der Waals surface area contributed by atoms with Gasteiger partial charge in [-0.25, -0.2) is 0 Å². The minimum Gasteiger partial charge on any atom is -0.835 e. The smallest absolute Gasteiger partial charge is 0.835 e. The molecule has 0 saturated carbocycles. The van der Waals surface area contributed by atoms with Gasteiger partial charge in [-0.1, -0.05) is 0 Å². The summed E-state index contributed by atoms with van der Waals surface area (Å²) < 4.78 is 168. The Morgan fingerprint density at radius 2 is 0.596 bits per heavy atom. The van der Waals surface area contributed by atoms with E-state index in [1.54, 1.807) is 0 Å². The Labute approximate surface area is 322 Å². The van der Waals surface area contributed by atoms with Crippen LogP contribution in [0.4, 0.5) is 52.7 Å². The molecule has 0 amide bonds. The largest absolute Gasteiger partial charge is 2.00 e. The first-order chi connectivity index (χ1) is 20.8. The van der Waals surface area contributed by atoms with E-state index in [1.807, 2.05) is 0 Å². The number of rotatable bonds is 16. The van der Waals surface area contributed by atoms with E-state index in [1.165, 1.54) is 28.4 Å². The summed E-state index contributed by atoms with van der Waals surface area (Å²) in [5, 5.41) is 23.0. The van der Waals surface area contributed by atoms with E-state index in [4.69, 9.17) is 46.4 Å². The van der Waals surface area contributed by atoms with Crippen LogP contribution in [0.2, 0.25) is 0 Å². The summed E-state index contributed by atoms with van der Waals surface area (Å²) >= 11 is 19.1. The second-order valence-electron chi connectivity index (χ2n) is 8.37. The molecule has 0 aromatic rings. The molecule has 0 N–H and O–H groups in total. The fourth-order valence-electron chi connectivity index (χ4n) is 2.73. The minimum absolute atomic E-state index is 0. The van der Waals surface area contributed by atoms with Crippen molar-refractivity contribution in [1.29, 1.82) is 0 Å². The quantitative estimate of drug-likeness (QED) is 0.131. The van der Waals surface area contributed by atoms with Crippen LogP contribution in [0.5, 0.6) is 0 Å². The normalized spacial score (nSPS) is 12.8. The molecule has 0 heterocycles. The first kappa shape index (κ1) is 57.8. The molecule has 25 heteroatoms. The van der Waals surface area contributed by atoms with E-state index < -0.39 is 49.0 Å². The molecule has 0 aromatic carbocycles. The summed E-state index contributed by atoms with van der Waals surface area (Å²) in [6.07, 6.45) is -23.8. The number of ether oxygens (including phenoxy) is 4. The van der Waals surface area contributed by atoms with Crippen molar-refractivity contribution in [2.75, 3.05) is 105 Å². The van der Waals surface area contributed by atoms with Crippen molar-refractivity contribution in [2.45, 2.75) is 35.9 Å². The zero-order valence-electron chi connectivity index (χ0n) is 25.6. The molecule has 0 aliphatic rings. The first-order valence-electron chi connectivity index (χ1n) is 12.1. The van der Waals surface area contributed by atoms with Crippen molar-refractivity contribution in [3.63, 3.8) is 0 Å². The van der Waals surface area contributed by atoms with E-state index in [0.717, 1.165) is 9.80 Å². The molecule has 0 unspecified atom stereocenters. The predicted octanol–water partition coefficient (Wildman–Crippen LogP) is 4.07. The van der Waals surface area contributed by atoms with E-state index in [2.05, 4.69) is 18.9 Å². The van der Waals surface area contributed by atoms with E-state index in [9.17, 15) is 62.9 Å². The number of nitrogens with zero attached hydrogens (tertiary/aromatic N) is 2. The van der Waals surface area contributed by atoms with Gasteiger partial charge < -0.3 is 29.2 Å². The van der Waals surface area contributed by atoms with Crippen molar-refractivity contribution in [3.8, 4) is 0 Å². The standard InChI is InChI=1S/2C10H16F6NO3.2CH2Cl2.Sr/c2*1-19-5-3-17(4-6-20-2)7-8(18,9(11,12)13)10(14,15)16;2*2-1-3;/h2*3-7H2,1-2H3;2*1H2;/q2*-1;;;+2. The van der Waals surface area contributed by atoms with Crippen LogP contribution in [-0.4, -0.2) is 196 Å². The third kappa shape index (κ3) is 24.4. The van der Waals surface area contributed by atoms with Gasteiger partial charge in [-0.2, -0.15) is 52.7 Å². The van der Waals surface area contributed by atoms with Crippen molar-refractivity contribution in [3.05, 3.63) is 0 Å². The molecule has 0 rings (SSSR count). The molecule has 0 radical (unpaired) electrons. The fourth-order valence-corrected chi connectivity index (χ4v) is 2.73. The second kappa shape index (κ2) is 29.0. The predicted molar refractivity (Wildman–Crippen MR) is 149 cm³/mol. The first-order valence-corrected chi connectivity index (χ1v) is 14.3. The van der Waals surface area contributed by atoms with Gasteiger partial charge in [0.1, 0.15) is 0 Å². The Hall–Kier alpha value is 1.48. The van der Waals surface area contributed by atoms with Gasteiger partial charge in [0.05, 0.1) is 48.3 Å². The topological polar surface area (TPSA) is 89.5 Å². The molecule has 0 aliphatic heterocycles. The van der Waals surface area contributed by atoms with Crippen LogP contribution in [0.15, 0.2) is 0 Å². The molecule has 0 fully saturated rings. The van der Waals surface area contributed by atoms with Crippen molar-refractivity contribution >= 4 is 91.9 Å². The van der Waals surface area contributed by atoms with E-state index >= 15 is 0 Å². The molecule has 0 aromatic heterocycles. The van der Waals surface area contributed by atoms with Crippen LogP contribution in [0.3, 0.4) is 0 Å². The number of hydrogen-bond acceptors (Lipinski definition) is 8. The fraction of sp³-hybridized carbons (Fsp3) is 1.00. The summed E-state index contributed by atoms with van der Waals surface area (Å²) in [4.78, 5) is 1.45. The average molecular weight is 882 g/mol. The Kier molecular flexibility index (Phi) is 35.7. The van der Waals surface area contributed by atoms with Gasteiger partial charge >= 0.3 is 70.2 Å².